The number of anilines is 1. The van der Waals surface area contributed by atoms with Crippen LogP contribution < -0.4 is 5.32 Å². The van der Waals surface area contributed by atoms with Crippen molar-refractivity contribution in [1.29, 1.82) is 0 Å². The third kappa shape index (κ3) is 2.96. The second-order valence-corrected chi connectivity index (χ2v) is 6.18. The predicted molar refractivity (Wildman–Crippen MR) is 100 cm³/mol. The van der Waals surface area contributed by atoms with Gasteiger partial charge in [0.25, 0.3) is 0 Å². The zero-order chi connectivity index (χ0) is 17.2. The molecule has 0 saturated carbocycles. The van der Waals surface area contributed by atoms with Crippen molar-refractivity contribution < 1.29 is 0 Å². The van der Waals surface area contributed by atoms with Crippen molar-refractivity contribution in [2.45, 2.75) is 19.9 Å². The van der Waals surface area contributed by atoms with Gasteiger partial charge in [-0.2, -0.15) is 5.10 Å². The molecule has 0 aliphatic heterocycles. The highest BCUT2D eigenvalue weighted by Crippen LogP contribution is 2.34. The van der Waals surface area contributed by atoms with Crippen molar-refractivity contribution in [3.05, 3.63) is 67.0 Å². The molecule has 1 N–H and O–H groups in total. The maximum absolute atomic E-state index is 4.79. The molecule has 5 nitrogen and oxygen atoms in total. The van der Waals surface area contributed by atoms with E-state index in [1.807, 2.05) is 47.1 Å². The van der Waals surface area contributed by atoms with E-state index in [0.29, 0.717) is 5.95 Å². The maximum atomic E-state index is 4.79. The van der Waals surface area contributed by atoms with Crippen LogP contribution in [0.1, 0.15) is 13.8 Å². The third-order valence-corrected chi connectivity index (χ3v) is 3.92. The Hall–Kier alpha value is -3.21. The number of nitrogens with one attached hydrogen (secondary N) is 1. The molecule has 0 aliphatic carbocycles. The van der Waals surface area contributed by atoms with Gasteiger partial charge in [0.2, 0.25) is 5.95 Å². The number of pyridine rings is 1. The Bertz CT molecular complexity index is 1000. The highest BCUT2D eigenvalue weighted by molar-refractivity contribution is 5.90. The molecular formula is C20H19N5. The van der Waals surface area contributed by atoms with Crippen LogP contribution in [-0.2, 0) is 0 Å². The van der Waals surface area contributed by atoms with Gasteiger partial charge >= 0.3 is 0 Å². The molecule has 0 spiro atoms. The fraction of sp³-hybridized carbons (Fsp3) is 0.150. The minimum absolute atomic E-state index is 0.271. The Morgan fingerprint density at radius 1 is 0.960 bits per heavy atom. The molecule has 124 valence electrons. The third-order valence-electron chi connectivity index (χ3n) is 3.92. The van der Waals surface area contributed by atoms with Crippen LogP contribution >= 0.6 is 0 Å². The summed E-state index contributed by atoms with van der Waals surface area (Å²) in [5.74, 6) is 0.627. The Kier molecular flexibility index (Phi) is 3.90. The number of aromatic nitrogens is 4. The Balaban J connectivity index is 1.94. The molecule has 25 heavy (non-hydrogen) atoms. The first-order chi connectivity index (χ1) is 12.2. The SMILES string of the molecule is CC(C)Nc1nccc(-c2c(-c3ccccc3)nn3ccccc23)n1. The molecule has 0 aliphatic rings. The van der Waals surface area contributed by atoms with Crippen LogP contribution in [0.2, 0.25) is 0 Å². The molecule has 0 unspecified atom stereocenters. The number of nitrogens with zero attached hydrogens (tertiary/aromatic N) is 4. The molecule has 0 atom stereocenters. The molecule has 0 saturated heterocycles. The average molecular weight is 329 g/mol. The maximum Gasteiger partial charge on any atom is 0.223 e. The first-order valence-electron chi connectivity index (χ1n) is 8.35. The molecular weight excluding hydrogens is 310 g/mol. The van der Waals surface area contributed by atoms with Gasteiger partial charge in [-0.25, -0.2) is 14.5 Å². The van der Waals surface area contributed by atoms with Crippen LogP contribution in [-0.4, -0.2) is 25.6 Å². The normalized spacial score (nSPS) is 11.2. The monoisotopic (exact) mass is 329 g/mol. The lowest BCUT2D eigenvalue weighted by Crippen LogP contribution is -2.12. The average Bonchev–Trinajstić information content (AvgIpc) is 3.02. The van der Waals surface area contributed by atoms with E-state index in [0.717, 1.165) is 28.0 Å². The van der Waals surface area contributed by atoms with E-state index in [1.165, 1.54) is 0 Å². The number of fused-ring (bicyclic) bond motifs is 1. The van der Waals surface area contributed by atoms with Crippen molar-refractivity contribution in [2.24, 2.45) is 0 Å². The number of rotatable bonds is 4. The highest BCUT2D eigenvalue weighted by atomic mass is 15.2. The lowest BCUT2D eigenvalue weighted by atomic mass is 10.0. The summed E-state index contributed by atoms with van der Waals surface area (Å²) < 4.78 is 1.90. The smallest absolute Gasteiger partial charge is 0.223 e. The van der Waals surface area contributed by atoms with E-state index in [1.54, 1.807) is 6.20 Å². The molecule has 0 bridgehead atoms. The highest BCUT2D eigenvalue weighted by Gasteiger charge is 2.17. The van der Waals surface area contributed by atoms with Crippen LogP contribution in [0.3, 0.4) is 0 Å². The summed E-state index contributed by atoms with van der Waals surface area (Å²) >= 11 is 0. The van der Waals surface area contributed by atoms with Crippen LogP contribution in [0.5, 0.6) is 0 Å². The minimum atomic E-state index is 0.271. The van der Waals surface area contributed by atoms with E-state index in [4.69, 9.17) is 10.1 Å². The van der Waals surface area contributed by atoms with Gasteiger partial charge in [0.1, 0.15) is 5.69 Å². The van der Waals surface area contributed by atoms with Gasteiger partial charge in [-0.1, -0.05) is 36.4 Å². The molecule has 0 radical (unpaired) electrons. The van der Waals surface area contributed by atoms with Crippen molar-refractivity contribution in [2.75, 3.05) is 5.32 Å². The molecule has 0 fully saturated rings. The Labute approximate surface area is 146 Å². The van der Waals surface area contributed by atoms with Crippen LogP contribution in [0.4, 0.5) is 5.95 Å². The zero-order valence-electron chi connectivity index (χ0n) is 14.2. The topological polar surface area (TPSA) is 55.1 Å². The van der Waals surface area contributed by atoms with Crippen molar-refractivity contribution >= 4 is 11.5 Å². The van der Waals surface area contributed by atoms with Gasteiger partial charge in [-0.15, -0.1) is 0 Å². The number of hydrogen-bond acceptors (Lipinski definition) is 4. The molecule has 4 aromatic rings. The van der Waals surface area contributed by atoms with E-state index in [9.17, 15) is 0 Å². The first kappa shape index (κ1) is 15.3. The minimum Gasteiger partial charge on any atom is -0.352 e. The van der Waals surface area contributed by atoms with Crippen molar-refractivity contribution in [3.8, 4) is 22.5 Å². The summed E-state index contributed by atoms with van der Waals surface area (Å²) in [6.07, 6.45) is 3.74. The quantitative estimate of drug-likeness (QED) is 0.607. The number of benzene rings is 1. The van der Waals surface area contributed by atoms with Gasteiger partial charge in [-0.05, 0) is 32.0 Å². The number of hydrogen-bond donors (Lipinski definition) is 1. The lowest BCUT2D eigenvalue weighted by molar-refractivity contribution is 0.875. The van der Waals surface area contributed by atoms with Gasteiger partial charge in [0.05, 0.1) is 16.8 Å². The zero-order valence-corrected chi connectivity index (χ0v) is 14.2. The fourth-order valence-electron chi connectivity index (χ4n) is 2.88. The van der Waals surface area contributed by atoms with Crippen molar-refractivity contribution in [3.63, 3.8) is 0 Å². The van der Waals surface area contributed by atoms with Gasteiger partial charge in [0.15, 0.2) is 0 Å². The summed E-state index contributed by atoms with van der Waals surface area (Å²) in [4.78, 5) is 9.04. The summed E-state index contributed by atoms with van der Waals surface area (Å²) in [6.45, 7) is 4.14. The molecule has 0 amide bonds. The molecule has 3 heterocycles. The van der Waals surface area contributed by atoms with E-state index in [-0.39, 0.29) is 6.04 Å². The molecule has 1 aromatic carbocycles. The summed E-state index contributed by atoms with van der Waals surface area (Å²) in [5.41, 5.74) is 4.88. The summed E-state index contributed by atoms with van der Waals surface area (Å²) in [6, 6.07) is 18.5. The Morgan fingerprint density at radius 3 is 2.56 bits per heavy atom. The van der Waals surface area contributed by atoms with E-state index >= 15 is 0 Å². The standard InChI is InChI=1S/C20H19N5/c1-14(2)22-20-21-12-11-16(23-20)18-17-10-6-7-13-25(17)24-19(18)15-8-4-3-5-9-15/h3-14H,1-2H3,(H,21,22,23). The molecule has 4 rings (SSSR count). The van der Waals surface area contributed by atoms with Crippen LogP contribution in [0.15, 0.2) is 67.0 Å². The summed E-state index contributed by atoms with van der Waals surface area (Å²) in [5, 5.41) is 8.05. The lowest BCUT2D eigenvalue weighted by Gasteiger charge is -2.09. The van der Waals surface area contributed by atoms with Crippen molar-refractivity contribution in [1.82, 2.24) is 19.6 Å². The van der Waals surface area contributed by atoms with E-state index in [2.05, 4.69) is 42.3 Å². The molecule has 5 heteroatoms. The largest absolute Gasteiger partial charge is 0.352 e. The van der Waals surface area contributed by atoms with Crippen LogP contribution in [0, 0.1) is 0 Å². The van der Waals surface area contributed by atoms with E-state index < -0.39 is 0 Å². The van der Waals surface area contributed by atoms with Gasteiger partial charge < -0.3 is 5.32 Å². The first-order valence-corrected chi connectivity index (χ1v) is 8.35. The molecule has 3 aromatic heterocycles. The summed E-state index contributed by atoms with van der Waals surface area (Å²) in [7, 11) is 0. The Morgan fingerprint density at radius 2 is 1.76 bits per heavy atom. The second kappa shape index (κ2) is 6.36. The van der Waals surface area contributed by atoms with Crippen LogP contribution in [0.25, 0.3) is 28.0 Å². The van der Waals surface area contributed by atoms with Gasteiger partial charge in [-0.3, -0.25) is 0 Å². The second-order valence-electron chi connectivity index (χ2n) is 6.18. The predicted octanol–water partition coefficient (Wildman–Crippen LogP) is 4.28. The fourth-order valence-corrected chi connectivity index (χ4v) is 2.88. The van der Waals surface area contributed by atoms with Gasteiger partial charge in [0, 0.05) is 24.0 Å².